The van der Waals surface area contributed by atoms with Gasteiger partial charge in [-0.3, -0.25) is 15.0 Å². The summed E-state index contributed by atoms with van der Waals surface area (Å²) in [6.45, 7) is 0. The van der Waals surface area contributed by atoms with E-state index >= 15 is 0 Å². The molecular formula is C10H5F6N2O2. The van der Waals surface area contributed by atoms with Gasteiger partial charge in [-0.25, -0.2) is 5.84 Å². The van der Waals surface area contributed by atoms with Gasteiger partial charge in [-0.15, -0.1) is 0 Å². The summed E-state index contributed by atoms with van der Waals surface area (Å²) in [4.78, 5) is 21.8. The molecule has 1 amide bonds. The van der Waals surface area contributed by atoms with Gasteiger partial charge >= 0.3 is 12.4 Å². The fraction of sp³-hybridized carbons (Fsp3) is 0.200. The van der Waals surface area contributed by atoms with Crippen molar-refractivity contribution in [2.75, 3.05) is 0 Å². The van der Waals surface area contributed by atoms with Crippen molar-refractivity contribution in [3.05, 3.63) is 34.4 Å². The van der Waals surface area contributed by atoms with Crippen molar-refractivity contribution in [2.45, 2.75) is 12.4 Å². The Morgan fingerprint density at radius 3 is 2.00 bits per heavy atom. The second-order valence-electron chi connectivity index (χ2n) is 3.52. The van der Waals surface area contributed by atoms with Crippen LogP contribution in [-0.2, 0) is 17.1 Å². The van der Waals surface area contributed by atoms with Crippen LogP contribution in [0.2, 0.25) is 0 Å². The minimum Gasteiger partial charge on any atom is -0.290 e. The third-order valence-corrected chi connectivity index (χ3v) is 2.24. The third-order valence-electron chi connectivity index (χ3n) is 2.24. The Morgan fingerprint density at radius 2 is 1.65 bits per heavy atom. The number of nitrogens with two attached hydrogens (primary N) is 1. The van der Waals surface area contributed by atoms with Gasteiger partial charge in [0.05, 0.1) is 16.7 Å². The minimum atomic E-state index is -5.28. The maximum atomic E-state index is 12.7. The zero-order valence-electron chi connectivity index (χ0n) is 9.32. The predicted molar refractivity (Wildman–Crippen MR) is 52.9 cm³/mol. The van der Waals surface area contributed by atoms with Crippen LogP contribution in [0, 0.1) is 0 Å². The summed E-state index contributed by atoms with van der Waals surface area (Å²) in [5.74, 6) is 3.09. The number of benzene rings is 1. The lowest BCUT2D eigenvalue weighted by Gasteiger charge is -2.16. The first kappa shape index (κ1) is 16.0. The van der Waals surface area contributed by atoms with Gasteiger partial charge in [0, 0.05) is 5.56 Å². The molecule has 0 aliphatic rings. The number of hydrazine groups is 1. The molecule has 3 N–H and O–H groups in total. The topological polar surface area (TPSA) is 72.2 Å². The van der Waals surface area contributed by atoms with Crippen molar-refractivity contribution in [1.29, 1.82) is 0 Å². The van der Waals surface area contributed by atoms with E-state index in [2.05, 4.69) is 5.84 Å². The fourth-order valence-corrected chi connectivity index (χ4v) is 1.43. The van der Waals surface area contributed by atoms with Crippen LogP contribution in [-0.4, -0.2) is 12.2 Å². The highest BCUT2D eigenvalue weighted by Crippen LogP contribution is 2.38. The first-order valence-corrected chi connectivity index (χ1v) is 4.74. The Balaban J connectivity index is 3.75. The molecular weight excluding hydrogens is 294 g/mol. The zero-order valence-corrected chi connectivity index (χ0v) is 9.32. The monoisotopic (exact) mass is 299 g/mol. The van der Waals surface area contributed by atoms with Crippen LogP contribution in [0.3, 0.4) is 0 Å². The van der Waals surface area contributed by atoms with E-state index in [-0.39, 0.29) is 12.1 Å². The highest BCUT2D eigenvalue weighted by molar-refractivity contribution is 6.03. The molecule has 1 rings (SSSR count). The summed E-state index contributed by atoms with van der Waals surface area (Å²) in [5.41, 5.74) is -4.82. The SMILES string of the molecule is NNC(=O)c1c([C]=O)cc(C(F)(F)F)cc1C(F)(F)F. The van der Waals surface area contributed by atoms with Gasteiger partial charge in [0.15, 0.2) is 0 Å². The highest BCUT2D eigenvalue weighted by atomic mass is 19.4. The van der Waals surface area contributed by atoms with E-state index in [0.29, 0.717) is 0 Å². The van der Waals surface area contributed by atoms with Gasteiger partial charge in [0.1, 0.15) is 0 Å². The average Bonchev–Trinajstić information content (AvgIpc) is 2.33. The molecule has 4 nitrogen and oxygen atoms in total. The number of halogens is 6. The van der Waals surface area contributed by atoms with Gasteiger partial charge in [0.2, 0.25) is 6.29 Å². The number of nitrogen functional groups attached to an aromatic ring is 1. The lowest BCUT2D eigenvalue weighted by molar-refractivity contribution is -0.143. The number of nitrogens with one attached hydrogen (secondary N) is 1. The summed E-state index contributed by atoms with van der Waals surface area (Å²) in [6.07, 6.45) is -9.54. The zero-order chi connectivity index (χ0) is 15.7. The molecule has 0 saturated carbocycles. The number of carbonyl (C=O) groups is 1. The summed E-state index contributed by atoms with van der Waals surface area (Å²) in [5, 5.41) is 0. The number of carbonyl (C=O) groups excluding carboxylic acids is 2. The molecule has 1 aromatic rings. The Kier molecular flexibility index (Phi) is 4.08. The molecule has 0 aromatic heterocycles. The summed E-state index contributed by atoms with van der Waals surface area (Å²) >= 11 is 0. The third kappa shape index (κ3) is 3.07. The van der Waals surface area contributed by atoms with E-state index in [4.69, 9.17) is 0 Å². The molecule has 109 valence electrons. The second-order valence-corrected chi connectivity index (χ2v) is 3.52. The Morgan fingerprint density at radius 1 is 1.10 bits per heavy atom. The van der Waals surface area contributed by atoms with Crippen LogP contribution in [0.5, 0.6) is 0 Å². The maximum absolute atomic E-state index is 12.7. The van der Waals surface area contributed by atoms with Crippen molar-refractivity contribution in [3.8, 4) is 0 Å². The fourth-order valence-electron chi connectivity index (χ4n) is 1.43. The molecule has 1 aromatic carbocycles. The first-order chi connectivity index (χ1) is 9.02. The van der Waals surface area contributed by atoms with Crippen molar-refractivity contribution >= 4 is 12.2 Å². The van der Waals surface area contributed by atoms with Gasteiger partial charge in [0.25, 0.3) is 5.91 Å². The number of hydrogen-bond donors (Lipinski definition) is 2. The van der Waals surface area contributed by atoms with Crippen LogP contribution in [0.15, 0.2) is 12.1 Å². The highest BCUT2D eigenvalue weighted by Gasteiger charge is 2.41. The molecule has 0 aliphatic heterocycles. The van der Waals surface area contributed by atoms with E-state index in [9.17, 15) is 35.9 Å². The van der Waals surface area contributed by atoms with Crippen molar-refractivity contribution < 1.29 is 35.9 Å². The molecule has 0 spiro atoms. The molecule has 0 unspecified atom stereocenters. The molecule has 0 heterocycles. The van der Waals surface area contributed by atoms with E-state index < -0.39 is 40.5 Å². The Hall–Kier alpha value is -2.10. The van der Waals surface area contributed by atoms with Gasteiger partial charge in [-0.2, -0.15) is 26.3 Å². The van der Waals surface area contributed by atoms with Crippen LogP contribution in [0.1, 0.15) is 27.0 Å². The van der Waals surface area contributed by atoms with Gasteiger partial charge in [-0.1, -0.05) is 0 Å². The Bertz CT molecular complexity index is 550. The van der Waals surface area contributed by atoms with E-state index in [1.54, 1.807) is 0 Å². The normalized spacial score (nSPS) is 12.2. The predicted octanol–water partition coefficient (Wildman–Crippen LogP) is 1.79. The average molecular weight is 299 g/mol. The molecule has 10 heteroatoms. The summed E-state index contributed by atoms with van der Waals surface area (Å²) in [7, 11) is 0. The molecule has 0 aliphatic carbocycles. The van der Waals surface area contributed by atoms with Gasteiger partial charge < -0.3 is 0 Å². The number of hydrogen-bond acceptors (Lipinski definition) is 3. The van der Waals surface area contributed by atoms with Gasteiger partial charge in [-0.05, 0) is 12.1 Å². The summed E-state index contributed by atoms with van der Waals surface area (Å²) in [6, 6.07) is -0.182. The van der Waals surface area contributed by atoms with Crippen molar-refractivity contribution in [3.63, 3.8) is 0 Å². The molecule has 0 atom stereocenters. The molecule has 0 saturated heterocycles. The van der Waals surface area contributed by atoms with Crippen LogP contribution in [0.4, 0.5) is 26.3 Å². The van der Waals surface area contributed by atoms with Crippen molar-refractivity contribution in [1.82, 2.24) is 5.43 Å². The quantitative estimate of drug-likeness (QED) is 0.378. The number of alkyl halides is 6. The number of rotatable bonds is 2. The summed E-state index contributed by atoms with van der Waals surface area (Å²) < 4.78 is 75.5. The second kappa shape index (κ2) is 5.12. The van der Waals surface area contributed by atoms with E-state index in [0.717, 1.165) is 6.29 Å². The molecule has 0 bridgehead atoms. The largest absolute Gasteiger partial charge is 0.417 e. The Labute approximate surface area is 107 Å². The smallest absolute Gasteiger partial charge is 0.290 e. The molecule has 20 heavy (non-hydrogen) atoms. The van der Waals surface area contributed by atoms with E-state index in [1.807, 2.05) is 0 Å². The standard InChI is InChI=1S/C10H5F6N2O2/c11-9(12,13)5-1-4(3-19)7(8(20)18-17)6(2-5)10(14,15)16/h1-2H,17H2,(H,18,20). The maximum Gasteiger partial charge on any atom is 0.417 e. The van der Waals surface area contributed by atoms with Crippen LogP contribution >= 0.6 is 0 Å². The van der Waals surface area contributed by atoms with Crippen molar-refractivity contribution in [2.24, 2.45) is 5.84 Å². The van der Waals surface area contributed by atoms with Crippen LogP contribution in [0.25, 0.3) is 0 Å². The lowest BCUT2D eigenvalue weighted by Crippen LogP contribution is -2.33. The molecule has 1 radical (unpaired) electrons. The lowest BCUT2D eigenvalue weighted by atomic mass is 9.97. The van der Waals surface area contributed by atoms with E-state index in [1.165, 1.54) is 5.43 Å². The number of amides is 1. The first-order valence-electron chi connectivity index (χ1n) is 4.74. The minimum absolute atomic E-state index is 0.0901. The van der Waals surface area contributed by atoms with Crippen LogP contribution < -0.4 is 11.3 Å². The molecule has 0 fully saturated rings.